The van der Waals surface area contributed by atoms with Crippen molar-refractivity contribution in [3.05, 3.63) is 48.5 Å². The van der Waals surface area contributed by atoms with Crippen LogP contribution in [0.4, 0.5) is 11.4 Å². The first-order valence-electron chi connectivity index (χ1n) is 9.23. The molecule has 4 heteroatoms. The smallest absolute Gasteiger partial charge is 0.203 e. The summed E-state index contributed by atoms with van der Waals surface area (Å²) in [6.45, 7) is 4.12. The van der Waals surface area contributed by atoms with Crippen molar-refractivity contribution in [2.75, 3.05) is 25.0 Å². The minimum Gasteiger partial charge on any atom is -0.397 e. The predicted molar refractivity (Wildman–Crippen MR) is 105 cm³/mol. The van der Waals surface area contributed by atoms with Gasteiger partial charge in [0.15, 0.2) is 0 Å². The second-order valence-electron chi connectivity index (χ2n) is 6.34. The lowest BCUT2D eigenvalue weighted by Gasteiger charge is -2.24. The molecule has 2 aromatic carbocycles. The number of hydrogen-bond donors (Lipinski definition) is 2. The van der Waals surface area contributed by atoms with Crippen molar-refractivity contribution in [2.45, 2.75) is 32.6 Å². The van der Waals surface area contributed by atoms with E-state index in [1.807, 2.05) is 0 Å². The van der Waals surface area contributed by atoms with E-state index in [4.69, 9.17) is 10.1 Å². The summed E-state index contributed by atoms with van der Waals surface area (Å²) < 4.78 is 0. The van der Waals surface area contributed by atoms with Crippen LogP contribution in [0.2, 0.25) is 0 Å². The molecule has 4 nitrogen and oxygen atoms in total. The lowest BCUT2D eigenvalue weighted by atomic mass is 10.0. The van der Waals surface area contributed by atoms with E-state index in [0.29, 0.717) is 0 Å². The van der Waals surface area contributed by atoms with E-state index in [1.165, 1.54) is 36.8 Å². The number of aliphatic hydroxyl groups is 1. The van der Waals surface area contributed by atoms with E-state index in [2.05, 4.69) is 58.7 Å². The fraction of sp³-hybridized carbons (Fsp3) is 0.381. The summed E-state index contributed by atoms with van der Waals surface area (Å²) >= 11 is 0. The summed E-state index contributed by atoms with van der Waals surface area (Å²) in [5.74, 6) is 0.999. The van der Waals surface area contributed by atoms with Gasteiger partial charge in [-0.2, -0.15) is 0 Å². The van der Waals surface area contributed by atoms with Crippen LogP contribution in [0, 0.1) is 0 Å². The summed E-state index contributed by atoms with van der Waals surface area (Å²) in [5.41, 5.74) is 4.64. The van der Waals surface area contributed by atoms with Gasteiger partial charge in [0.25, 0.3) is 0 Å². The number of hydrogen-bond acceptors (Lipinski definition) is 4. The van der Waals surface area contributed by atoms with E-state index in [-0.39, 0.29) is 6.61 Å². The maximum atomic E-state index is 7.57. The third-order valence-corrected chi connectivity index (χ3v) is 4.50. The van der Waals surface area contributed by atoms with Crippen molar-refractivity contribution in [1.29, 1.82) is 0 Å². The van der Waals surface area contributed by atoms with Gasteiger partial charge in [-0.3, -0.25) is 0 Å². The van der Waals surface area contributed by atoms with Crippen LogP contribution in [0.1, 0.15) is 32.6 Å². The Bertz CT molecular complexity index is 719. The molecule has 2 aromatic rings. The van der Waals surface area contributed by atoms with E-state index < -0.39 is 0 Å². The number of benzene rings is 2. The molecule has 2 heterocycles. The molecule has 2 aliphatic heterocycles. The molecule has 0 bridgehead atoms. The largest absolute Gasteiger partial charge is 0.397 e. The van der Waals surface area contributed by atoms with E-state index in [1.54, 1.807) is 6.92 Å². The molecule has 25 heavy (non-hydrogen) atoms. The SMILES string of the molecule is CCO.c1ccc2c(c1)N=C(N1CCCCCC1)Nc1ccccc1-2. The highest BCUT2D eigenvalue weighted by atomic mass is 16.2. The highest BCUT2D eigenvalue weighted by Gasteiger charge is 2.20. The zero-order valence-electron chi connectivity index (χ0n) is 14.9. The molecule has 1 fully saturated rings. The molecular weight excluding hydrogens is 310 g/mol. The zero-order valence-corrected chi connectivity index (χ0v) is 14.9. The molecule has 0 atom stereocenters. The fourth-order valence-corrected chi connectivity index (χ4v) is 3.32. The maximum absolute atomic E-state index is 7.57. The van der Waals surface area contributed by atoms with Crippen LogP contribution in [-0.4, -0.2) is 35.7 Å². The first-order chi connectivity index (χ1) is 12.3. The molecule has 4 rings (SSSR count). The van der Waals surface area contributed by atoms with Gasteiger partial charge in [-0.25, -0.2) is 4.99 Å². The summed E-state index contributed by atoms with van der Waals surface area (Å²) in [5, 5.41) is 11.1. The van der Waals surface area contributed by atoms with Crippen molar-refractivity contribution < 1.29 is 5.11 Å². The number of anilines is 1. The molecule has 0 saturated carbocycles. The molecular formula is C21H27N3O. The van der Waals surface area contributed by atoms with Crippen molar-refractivity contribution >= 4 is 17.3 Å². The standard InChI is InChI=1S/C19H21N3.C2H6O/c1-2-8-14-22(13-7-1)19-20-17-11-5-3-9-15(17)16-10-4-6-12-18(16)21-19;1-2-3/h3-6,9-12H,1-2,7-8,13-14H2,(H,20,21);3H,2H2,1H3. The number of aliphatic hydroxyl groups excluding tert-OH is 1. The van der Waals surface area contributed by atoms with Gasteiger partial charge in [-0.05, 0) is 31.9 Å². The fourth-order valence-electron chi connectivity index (χ4n) is 3.32. The van der Waals surface area contributed by atoms with Gasteiger partial charge in [-0.1, -0.05) is 49.2 Å². The van der Waals surface area contributed by atoms with Crippen molar-refractivity contribution in [3.8, 4) is 11.1 Å². The Hall–Kier alpha value is -2.33. The maximum Gasteiger partial charge on any atom is 0.203 e. The number of para-hydroxylation sites is 2. The second-order valence-corrected chi connectivity index (χ2v) is 6.34. The number of guanidine groups is 1. The third-order valence-electron chi connectivity index (χ3n) is 4.50. The Kier molecular flexibility index (Phi) is 6.07. The zero-order chi connectivity index (χ0) is 17.5. The molecule has 2 aliphatic rings. The van der Waals surface area contributed by atoms with Gasteiger partial charge >= 0.3 is 0 Å². The van der Waals surface area contributed by atoms with Crippen molar-refractivity contribution in [1.82, 2.24) is 4.90 Å². The van der Waals surface area contributed by atoms with Gasteiger partial charge in [-0.15, -0.1) is 0 Å². The molecule has 0 radical (unpaired) electrons. The molecule has 0 aromatic heterocycles. The van der Waals surface area contributed by atoms with Crippen LogP contribution in [0.25, 0.3) is 11.1 Å². The topological polar surface area (TPSA) is 47.9 Å². The molecule has 132 valence electrons. The third kappa shape index (κ3) is 4.20. The molecule has 0 unspecified atom stereocenters. The van der Waals surface area contributed by atoms with Gasteiger partial charge in [0.2, 0.25) is 5.96 Å². The quantitative estimate of drug-likeness (QED) is 0.736. The normalized spacial score (nSPS) is 16.1. The summed E-state index contributed by atoms with van der Waals surface area (Å²) in [4.78, 5) is 7.36. The van der Waals surface area contributed by atoms with Crippen LogP contribution in [0.5, 0.6) is 0 Å². The van der Waals surface area contributed by atoms with E-state index in [0.717, 1.165) is 30.4 Å². The van der Waals surface area contributed by atoms with Gasteiger partial charge in [0, 0.05) is 36.5 Å². The second kappa shape index (κ2) is 8.67. The van der Waals surface area contributed by atoms with Crippen LogP contribution < -0.4 is 5.32 Å². The number of likely N-dealkylation sites (tertiary alicyclic amines) is 1. The summed E-state index contributed by atoms with van der Waals surface area (Å²) in [6.07, 6.45) is 5.17. The minimum atomic E-state index is 0.250. The summed E-state index contributed by atoms with van der Waals surface area (Å²) in [6, 6.07) is 16.9. The van der Waals surface area contributed by atoms with Gasteiger partial charge in [0.1, 0.15) is 0 Å². The van der Waals surface area contributed by atoms with Crippen LogP contribution >= 0.6 is 0 Å². The number of fused-ring (bicyclic) bond motifs is 3. The van der Waals surface area contributed by atoms with E-state index >= 15 is 0 Å². The summed E-state index contributed by atoms with van der Waals surface area (Å²) in [7, 11) is 0. The number of nitrogens with one attached hydrogen (secondary N) is 1. The monoisotopic (exact) mass is 337 g/mol. The molecule has 0 amide bonds. The van der Waals surface area contributed by atoms with E-state index in [9.17, 15) is 0 Å². The number of nitrogens with zero attached hydrogens (tertiary/aromatic N) is 2. The first-order valence-corrected chi connectivity index (χ1v) is 9.23. The van der Waals surface area contributed by atoms with Crippen molar-refractivity contribution in [3.63, 3.8) is 0 Å². The Morgan fingerprint density at radius 2 is 1.52 bits per heavy atom. The highest BCUT2D eigenvalue weighted by molar-refractivity contribution is 6.03. The highest BCUT2D eigenvalue weighted by Crippen LogP contribution is 2.37. The lowest BCUT2D eigenvalue weighted by Crippen LogP contribution is -2.36. The van der Waals surface area contributed by atoms with Crippen LogP contribution in [0.3, 0.4) is 0 Å². The number of aliphatic imine (C=N–C) groups is 1. The molecule has 2 N–H and O–H groups in total. The van der Waals surface area contributed by atoms with Crippen LogP contribution in [0.15, 0.2) is 53.5 Å². The molecule has 0 spiro atoms. The lowest BCUT2D eigenvalue weighted by molar-refractivity contribution is 0.318. The molecule has 0 aliphatic carbocycles. The molecule has 1 saturated heterocycles. The van der Waals surface area contributed by atoms with Crippen molar-refractivity contribution in [2.24, 2.45) is 4.99 Å². The van der Waals surface area contributed by atoms with Crippen LogP contribution in [-0.2, 0) is 0 Å². The number of rotatable bonds is 0. The Labute approximate surface area is 150 Å². The van der Waals surface area contributed by atoms with Gasteiger partial charge < -0.3 is 15.3 Å². The average Bonchev–Trinajstić information content (AvgIpc) is 3.00. The first kappa shape index (κ1) is 17.5. The van der Waals surface area contributed by atoms with Gasteiger partial charge in [0.05, 0.1) is 5.69 Å². The Balaban J connectivity index is 0.000000569. The Morgan fingerprint density at radius 1 is 0.920 bits per heavy atom. The minimum absolute atomic E-state index is 0.250. The predicted octanol–water partition coefficient (Wildman–Crippen LogP) is 4.64. The average molecular weight is 337 g/mol. The Morgan fingerprint density at radius 3 is 2.24 bits per heavy atom.